The number of thiophene rings is 1. The fourth-order valence-corrected chi connectivity index (χ4v) is 5.81. The molecule has 41 heavy (non-hydrogen) atoms. The topological polar surface area (TPSA) is 38.9 Å². The molecule has 7 rings (SSSR count). The molecule has 0 amide bonds. The minimum Gasteiger partial charge on any atom is -0.499 e. The summed E-state index contributed by atoms with van der Waals surface area (Å²) in [7, 11) is 0. The smallest absolute Gasteiger partial charge is 0.138 e. The Morgan fingerprint density at radius 1 is 0.683 bits per heavy atom. The normalized spacial score (nSPS) is 11.0. The van der Waals surface area contributed by atoms with Crippen LogP contribution in [0.5, 0.6) is 0 Å². The van der Waals surface area contributed by atoms with Gasteiger partial charge in [0.1, 0.15) is 5.58 Å². The van der Waals surface area contributed by atoms with Gasteiger partial charge in [-0.1, -0.05) is 53.3 Å². The van der Waals surface area contributed by atoms with E-state index in [1.807, 2.05) is 24.5 Å². The van der Waals surface area contributed by atoms with E-state index in [4.69, 9.17) is 4.42 Å². The average Bonchev–Trinajstić information content (AvgIpc) is 3.52. The van der Waals surface area contributed by atoms with Crippen LogP contribution < -0.4 is 0 Å². The van der Waals surface area contributed by atoms with Gasteiger partial charge in [-0.25, -0.2) is 0 Å². The Bertz CT molecular complexity index is 2020. The van der Waals surface area contributed by atoms with Gasteiger partial charge in [-0.2, -0.15) is 0 Å². The van der Waals surface area contributed by atoms with Gasteiger partial charge < -0.3 is 14.4 Å². The zero-order chi connectivity index (χ0) is 28.0. The Morgan fingerprint density at radius 3 is 2.05 bits per heavy atom. The number of hydrogen-bond acceptors (Lipinski definition) is 4. The number of hydrogen-bond donors (Lipinski definition) is 0. The zero-order valence-corrected chi connectivity index (χ0v) is 27.2. The molecule has 0 N–H and O–H groups in total. The van der Waals surface area contributed by atoms with Crippen molar-refractivity contribution in [2.45, 2.75) is 41.5 Å². The van der Waals surface area contributed by atoms with Crippen LogP contribution in [-0.2, 0) is 20.1 Å². The third kappa shape index (κ3) is 5.63. The maximum absolute atomic E-state index is 6.37. The predicted octanol–water partition coefficient (Wildman–Crippen LogP) is 10.1. The summed E-state index contributed by atoms with van der Waals surface area (Å²) >= 11 is 1.78. The average molecular weight is 731 g/mol. The van der Waals surface area contributed by atoms with Crippen molar-refractivity contribution in [2.75, 3.05) is 0 Å². The van der Waals surface area contributed by atoms with Crippen molar-refractivity contribution in [1.82, 2.24) is 9.97 Å². The van der Waals surface area contributed by atoms with E-state index in [0.717, 1.165) is 44.5 Å². The number of aromatic nitrogens is 2. The molecule has 0 fully saturated rings. The summed E-state index contributed by atoms with van der Waals surface area (Å²) in [5.74, 6) is 0. The molecule has 0 atom stereocenters. The van der Waals surface area contributed by atoms with E-state index < -0.39 is 0 Å². The van der Waals surface area contributed by atoms with Crippen LogP contribution in [0.15, 0.2) is 77.5 Å². The van der Waals surface area contributed by atoms with E-state index >= 15 is 0 Å². The summed E-state index contributed by atoms with van der Waals surface area (Å²) in [6, 6.07) is 27.5. The second-order valence-electron chi connectivity index (χ2n) is 10.5. The first-order valence-electron chi connectivity index (χ1n) is 13.4. The maximum atomic E-state index is 6.37. The van der Waals surface area contributed by atoms with Gasteiger partial charge in [0.25, 0.3) is 0 Å². The quantitative estimate of drug-likeness (QED) is 0.166. The van der Waals surface area contributed by atoms with Gasteiger partial charge in [0.2, 0.25) is 0 Å². The molecule has 0 aliphatic heterocycles. The standard InChI is InChI=1S/C22H16NOS.C14H14N.Ir/c1-12-9-19(23-11-13(12)2)18-6-4-5-16-17-8-7-15-10-14(3)25-22(15)21(17)24-20(16)18;1-10-4-6-13(7-5-10)14-8-11(2)12(3)9-15-14;/h4-5,7-11H,1-3H3;4-6,8-9H,1-3H3;/q2*-1;. The van der Waals surface area contributed by atoms with Crippen LogP contribution in [0.2, 0.25) is 0 Å². The Labute approximate surface area is 258 Å². The van der Waals surface area contributed by atoms with Crippen LogP contribution in [0.3, 0.4) is 0 Å². The van der Waals surface area contributed by atoms with Crippen LogP contribution in [0.4, 0.5) is 0 Å². The fraction of sp³-hybridized carbons (Fsp3) is 0.167. The number of rotatable bonds is 2. The molecule has 7 aromatic rings. The van der Waals surface area contributed by atoms with Gasteiger partial charge in [0, 0.05) is 42.8 Å². The third-order valence-corrected chi connectivity index (χ3v) is 8.52. The Balaban J connectivity index is 0.000000182. The first kappa shape index (κ1) is 28.9. The van der Waals surface area contributed by atoms with E-state index in [1.165, 1.54) is 42.8 Å². The van der Waals surface area contributed by atoms with Gasteiger partial charge >= 0.3 is 0 Å². The molecular weight excluding hydrogens is 701 g/mol. The van der Waals surface area contributed by atoms with E-state index in [-0.39, 0.29) is 20.1 Å². The van der Waals surface area contributed by atoms with Crippen molar-refractivity contribution in [2.24, 2.45) is 0 Å². The van der Waals surface area contributed by atoms with Crippen molar-refractivity contribution >= 4 is 43.4 Å². The molecule has 207 valence electrons. The number of fused-ring (bicyclic) bond motifs is 5. The molecule has 4 aromatic heterocycles. The van der Waals surface area contributed by atoms with Gasteiger partial charge in [0.05, 0.1) is 10.3 Å². The number of benzene rings is 3. The molecule has 1 radical (unpaired) electrons. The second kappa shape index (κ2) is 11.7. The zero-order valence-electron chi connectivity index (χ0n) is 24.0. The molecule has 0 saturated heterocycles. The summed E-state index contributed by atoms with van der Waals surface area (Å²) in [4.78, 5) is 10.3. The summed E-state index contributed by atoms with van der Waals surface area (Å²) < 4.78 is 7.59. The van der Waals surface area contributed by atoms with Gasteiger partial charge in [-0.05, 0) is 68.6 Å². The molecule has 5 heteroatoms. The van der Waals surface area contributed by atoms with Crippen molar-refractivity contribution in [3.05, 3.63) is 118 Å². The number of aryl methyl sites for hydroxylation is 6. The largest absolute Gasteiger partial charge is 0.499 e. The van der Waals surface area contributed by atoms with E-state index in [9.17, 15) is 0 Å². The Morgan fingerprint density at radius 2 is 1.37 bits per heavy atom. The van der Waals surface area contributed by atoms with Gasteiger partial charge in [-0.3, -0.25) is 0 Å². The molecule has 0 saturated carbocycles. The van der Waals surface area contributed by atoms with Crippen LogP contribution in [-0.4, -0.2) is 9.97 Å². The molecular formula is C36H30IrN2OS-2. The summed E-state index contributed by atoms with van der Waals surface area (Å²) in [5, 5.41) is 3.52. The molecule has 0 unspecified atom stereocenters. The molecule has 0 aliphatic rings. The van der Waals surface area contributed by atoms with E-state index in [2.05, 4.69) is 112 Å². The van der Waals surface area contributed by atoms with Crippen LogP contribution in [0.25, 0.3) is 54.5 Å². The fourth-order valence-electron chi connectivity index (χ4n) is 4.81. The van der Waals surface area contributed by atoms with Crippen molar-refractivity contribution in [1.29, 1.82) is 0 Å². The first-order chi connectivity index (χ1) is 19.3. The Kier molecular flexibility index (Phi) is 8.24. The molecule has 3 nitrogen and oxygen atoms in total. The molecule has 3 aromatic carbocycles. The molecule has 0 aliphatic carbocycles. The van der Waals surface area contributed by atoms with E-state index in [0.29, 0.717) is 0 Å². The van der Waals surface area contributed by atoms with Crippen molar-refractivity contribution in [3.8, 4) is 22.5 Å². The van der Waals surface area contributed by atoms with Gasteiger partial charge in [0.15, 0.2) is 0 Å². The number of furan rings is 1. The van der Waals surface area contributed by atoms with Crippen LogP contribution in [0, 0.1) is 53.7 Å². The number of pyridine rings is 2. The van der Waals surface area contributed by atoms with Crippen LogP contribution in [0.1, 0.15) is 32.7 Å². The van der Waals surface area contributed by atoms with Crippen molar-refractivity contribution < 1.29 is 24.5 Å². The van der Waals surface area contributed by atoms with Crippen molar-refractivity contribution in [3.63, 3.8) is 0 Å². The Hall–Kier alpha value is -3.63. The second-order valence-corrected chi connectivity index (χ2v) is 11.8. The SMILES string of the molecule is Cc1c[c-]c(-c2cc(C)c(C)cn2)cc1.Cc1cc2ccc3c4cc[c-]c(-c5cc(C)c(C)cn5)c4oc3c2s1.[Ir]. The minimum absolute atomic E-state index is 0. The predicted molar refractivity (Wildman–Crippen MR) is 168 cm³/mol. The number of nitrogens with zero attached hydrogens (tertiary/aromatic N) is 2. The monoisotopic (exact) mass is 731 g/mol. The molecule has 4 heterocycles. The molecule has 0 spiro atoms. The summed E-state index contributed by atoms with van der Waals surface area (Å²) in [6.07, 6.45) is 3.83. The first-order valence-corrected chi connectivity index (χ1v) is 14.2. The van der Waals surface area contributed by atoms with Gasteiger partial charge in [-0.15, -0.1) is 64.9 Å². The summed E-state index contributed by atoms with van der Waals surface area (Å²) in [6.45, 7) is 12.6. The summed E-state index contributed by atoms with van der Waals surface area (Å²) in [5.41, 5.74) is 11.9. The van der Waals surface area contributed by atoms with E-state index in [1.54, 1.807) is 11.3 Å². The third-order valence-electron chi connectivity index (χ3n) is 7.45. The minimum atomic E-state index is 0. The van der Waals surface area contributed by atoms with Crippen LogP contribution >= 0.6 is 11.3 Å². The molecule has 0 bridgehead atoms. The maximum Gasteiger partial charge on any atom is 0.138 e.